The highest BCUT2D eigenvalue weighted by Gasteiger charge is 2.36. The molecule has 1 atom stereocenters. The summed E-state index contributed by atoms with van der Waals surface area (Å²) >= 11 is 0. The molecule has 0 aliphatic heterocycles. The zero-order chi connectivity index (χ0) is 10.1. The molecule has 0 aromatic rings. The molecular weight excluding hydrogens is 158 g/mol. The first-order valence-electron chi connectivity index (χ1n) is 5.65. The van der Waals surface area contributed by atoms with Crippen molar-refractivity contribution >= 4 is 0 Å². The summed E-state index contributed by atoms with van der Waals surface area (Å²) in [4.78, 5) is 0. The number of hydrogen-bond donors (Lipinski definition) is 1. The van der Waals surface area contributed by atoms with Gasteiger partial charge in [0, 0.05) is 5.54 Å². The van der Waals surface area contributed by atoms with Crippen molar-refractivity contribution < 1.29 is 0 Å². The minimum atomic E-state index is 0.0269. The fourth-order valence-corrected chi connectivity index (χ4v) is 2.53. The molecule has 1 unspecified atom stereocenters. The van der Waals surface area contributed by atoms with E-state index in [0.717, 1.165) is 0 Å². The third-order valence-corrected chi connectivity index (χ3v) is 3.94. The molecule has 1 rings (SSSR count). The molecule has 1 aliphatic rings. The Kier molecular flexibility index (Phi) is 3.06. The lowest BCUT2D eigenvalue weighted by Gasteiger charge is -2.37. The molecule has 1 heteroatoms. The van der Waals surface area contributed by atoms with Gasteiger partial charge in [0.1, 0.15) is 0 Å². The highest BCUT2D eigenvalue weighted by Crippen LogP contribution is 2.44. The molecule has 1 nitrogen and oxygen atoms in total. The fraction of sp³-hybridized carbons (Fsp3) is 1.00. The molecule has 1 aliphatic carbocycles. The standard InChI is InChI=1S/C12H25N/c1-10(2)12(4,13)9-11(3)7-5-6-8-11/h10H,5-9,13H2,1-4H3. The van der Waals surface area contributed by atoms with Crippen LogP contribution >= 0.6 is 0 Å². The zero-order valence-electron chi connectivity index (χ0n) is 9.69. The van der Waals surface area contributed by atoms with E-state index in [1.807, 2.05) is 0 Å². The monoisotopic (exact) mass is 183 g/mol. The van der Waals surface area contributed by atoms with Crippen LogP contribution in [-0.4, -0.2) is 5.54 Å². The zero-order valence-corrected chi connectivity index (χ0v) is 9.69. The summed E-state index contributed by atoms with van der Waals surface area (Å²) in [6, 6.07) is 0. The highest BCUT2D eigenvalue weighted by atomic mass is 14.7. The van der Waals surface area contributed by atoms with Crippen molar-refractivity contribution in [3.05, 3.63) is 0 Å². The summed E-state index contributed by atoms with van der Waals surface area (Å²) in [5.41, 5.74) is 6.89. The van der Waals surface area contributed by atoms with Crippen molar-refractivity contribution in [2.75, 3.05) is 0 Å². The van der Waals surface area contributed by atoms with Crippen LogP contribution < -0.4 is 5.73 Å². The summed E-state index contributed by atoms with van der Waals surface area (Å²) < 4.78 is 0. The maximum absolute atomic E-state index is 6.32. The smallest absolute Gasteiger partial charge is 0.0154 e. The molecule has 0 spiro atoms. The Morgan fingerprint density at radius 2 is 1.77 bits per heavy atom. The molecule has 0 aromatic carbocycles. The Morgan fingerprint density at radius 3 is 2.15 bits per heavy atom. The Labute approximate surface area is 83.1 Å². The van der Waals surface area contributed by atoms with E-state index in [0.29, 0.717) is 11.3 Å². The average Bonchev–Trinajstić information content (AvgIpc) is 2.34. The van der Waals surface area contributed by atoms with Gasteiger partial charge in [-0.15, -0.1) is 0 Å². The fourth-order valence-electron chi connectivity index (χ4n) is 2.53. The molecule has 1 saturated carbocycles. The SMILES string of the molecule is CC(C)C(C)(N)CC1(C)CCCC1. The molecule has 1 fully saturated rings. The molecule has 13 heavy (non-hydrogen) atoms. The van der Waals surface area contributed by atoms with Gasteiger partial charge in [0.2, 0.25) is 0 Å². The van der Waals surface area contributed by atoms with Crippen molar-refractivity contribution in [2.45, 2.75) is 65.3 Å². The second-order valence-corrected chi connectivity index (χ2v) is 5.86. The van der Waals surface area contributed by atoms with E-state index in [4.69, 9.17) is 5.73 Å². The maximum atomic E-state index is 6.32. The van der Waals surface area contributed by atoms with Crippen LogP contribution in [0.4, 0.5) is 0 Å². The van der Waals surface area contributed by atoms with E-state index in [-0.39, 0.29) is 5.54 Å². The summed E-state index contributed by atoms with van der Waals surface area (Å²) in [7, 11) is 0. The third-order valence-electron chi connectivity index (χ3n) is 3.94. The lowest BCUT2D eigenvalue weighted by atomic mass is 9.72. The summed E-state index contributed by atoms with van der Waals surface area (Å²) in [6.45, 7) is 9.09. The van der Waals surface area contributed by atoms with Crippen molar-refractivity contribution in [2.24, 2.45) is 17.1 Å². The van der Waals surface area contributed by atoms with Crippen LogP contribution in [0.2, 0.25) is 0 Å². The molecule has 0 heterocycles. The molecule has 78 valence electrons. The van der Waals surface area contributed by atoms with Crippen LogP contribution in [0.25, 0.3) is 0 Å². The van der Waals surface area contributed by atoms with Gasteiger partial charge in [0.05, 0.1) is 0 Å². The second kappa shape index (κ2) is 3.61. The predicted molar refractivity (Wildman–Crippen MR) is 58.6 cm³/mol. The lowest BCUT2D eigenvalue weighted by molar-refractivity contribution is 0.188. The molecule has 2 N–H and O–H groups in total. The van der Waals surface area contributed by atoms with Crippen LogP contribution in [0.15, 0.2) is 0 Å². The van der Waals surface area contributed by atoms with Gasteiger partial charge >= 0.3 is 0 Å². The van der Waals surface area contributed by atoms with Crippen molar-refractivity contribution in [3.8, 4) is 0 Å². The third kappa shape index (κ3) is 2.70. The predicted octanol–water partition coefficient (Wildman–Crippen LogP) is 3.33. The van der Waals surface area contributed by atoms with Gasteiger partial charge in [-0.05, 0) is 37.5 Å². The molecule has 0 saturated heterocycles. The highest BCUT2D eigenvalue weighted by molar-refractivity contribution is 4.92. The van der Waals surface area contributed by atoms with E-state index < -0.39 is 0 Å². The van der Waals surface area contributed by atoms with E-state index >= 15 is 0 Å². The molecule has 0 aromatic heterocycles. The number of rotatable bonds is 3. The van der Waals surface area contributed by atoms with Gasteiger partial charge in [-0.25, -0.2) is 0 Å². The summed E-state index contributed by atoms with van der Waals surface area (Å²) in [5, 5.41) is 0. The van der Waals surface area contributed by atoms with Crippen molar-refractivity contribution in [1.29, 1.82) is 0 Å². The van der Waals surface area contributed by atoms with E-state index in [2.05, 4.69) is 27.7 Å². The quantitative estimate of drug-likeness (QED) is 0.713. The van der Waals surface area contributed by atoms with Gasteiger partial charge in [-0.2, -0.15) is 0 Å². The number of nitrogens with two attached hydrogens (primary N) is 1. The summed E-state index contributed by atoms with van der Waals surface area (Å²) in [6.07, 6.45) is 6.77. The van der Waals surface area contributed by atoms with Gasteiger partial charge in [-0.3, -0.25) is 0 Å². The Balaban J connectivity index is 2.56. The van der Waals surface area contributed by atoms with Crippen molar-refractivity contribution in [3.63, 3.8) is 0 Å². The van der Waals surface area contributed by atoms with E-state index in [1.54, 1.807) is 0 Å². The minimum Gasteiger partial charge on any atom is -0.325 e. The Hall–Kier alpha value is -0.0400. The molecule has 0 amide bonds. The first-order valence-corrected chi connectivity index (χ1v) is 5.65. The molecular formula is C12H25N. The average molecular weight is 183 g/mol. The normalized spacial score (nSPS) is 26.3. The van der Waals surface area contributed by atoms with E-state index in [9.17, 15) is 0 Å². The minimum absolute atomic E-state index is 0.0269. The lowest BCUT2D eigenvalue weighted by Crippen LogP contribution is -2.45. The van der Waals surface area contributed by atoms with Crippen molar-refractivity contribution in [1.82, 2.24) is 0 Å². The maximum Gasteiger partial charge on any atom is 0.0154 e. The van der Waals surface area contributed by atoms with Crippen LogP contribution in [0.3, 0.4) is 0 Å². The van der Waals surface area contributed by atoms with Crippen LogP contribution in [-0.2, 0) is 0 Å². The Morgan fingerprint density at radius 1 is 1.31 bits per heavy atom. The topological polar surface area (TPSA) is 26.0 Å². The van der Waals surface area contributed by atoms with E-state index in [1.165, 1.54) is 32.1 Å². The van der Waals surface area contributed by atoms with Gasteiger partial charge in [0.15, 0.2) is 0 Å². The van der Waals surface area contributed by atoms with Gasteiger partial charge < -0.3 is 5.73 Å². The Bertz CT molecular complexity index is 161. The van der Waals surface area contributed by atoms with Gasteiger partial charge in [-0.1, -0.05) is 33.6 Å². The van der Waals surface area contributed by atoms with Crippen LogP contribution in [0.1, 0.15) is 59.8 Å². The first kappa shape index (κ1) is 11.0. The van der Waals surface area contributed by atoms with Crippen LogP contribution in [0, 0.1) is 11.3 Å². The van der Waals surface area contributed by atoms with Crippen LogP contribution in [0.5, 0.6) is 0 Å². The molecule has 0 radical (unpaired) electrons. The van der Waals surface area contributed by atoms with Gasteiger partial charge in [0.25, 0.3) is 0 Å². The molecule has 0 bridgehead atoms. The largest absolute Gasteiger partial charge is 0.325 e. The summed E-state index contributed by atoms with van der Waals surface area (Å²) in [5.74, 6) is 0.588. The number of hydrogen-bond acceptors (Lipinski definition) is 1. The first-order chi connectivity index (χ1) is 5.86. The second-order valence-electron chi connectivity index (χ2n) is 5.86.